The Morgan fingerprint density at radius 3 is 2.76 bits per heavy atom. The molecular formula is C16H20N2O2S. The number of amides is 1. The zero-order valence-electron chi connectivity index (χ0n) is 12.4. The summed E-state index contributed by atoms with van der Waals surface area (Å²) in [6, 6.07) is 8.34. The molecule has 0 saturated carbocycles. The Balaban J connectivity index is 1.65. The van der Waals surface area contributed by atoms with Crippen LogP contribution in [0.25, 0.3) is 11.1 Å². The molecule has 1 aromatic carbocycles. The van der Waals surface area contributed by atoms with E-state index >= 15 is 0 Å². The van der Waals surface area contributed by atoms with Crippen LogP contribution in [0.4, 0.5) is 0 Å². The molecule has 1 amide bonds. The molecule has 3 rings (SSSR count). The van der Waals surface area contributed by atoms with Gasteiger partial charge in [0.2, 0.25) is 5.91 Å². The van der Waals surface area contributed by atoms with Crippen LogP contribution in [0.2, 0.25) is 0 Å². The molecule has 0 unspecified atom stereocenters. The van der Waals surface area contributed by atoms with E-state index in [4.69, 9.17) is 4.42 Å². The van der Waals surface area contributed by atoms with Crippen molar-refractivity contribution in [2.45, 2.75) is 50.4 Å². The lowest BCUT2D eigenvalue weighted by molar-refractivity contribution is -0.134. The van der Waals surface area contributed by atoms with Crippen molar-refractivity contribution < 1.29 is 9.21 Å². The standard InChI is InChI=1S/C16H20N2O2S/c1-11-6-5-7-12(2)18(11)15(19)10-21-16-17-13-8-3-4-9-14(13)20-16/h3-4,8-9,11-12H,5-7,10H2,1-2H3/t11-,12+. The summed E-state index contributed by atoms with van der Waals surface area (Å²) in [6.45, 7) is 4.27. The summed E-state index contributed by atoms with van der Waals surface area (Å²) in [5.41, 5.74) is 1.61. The van der Waals surface area contributed by atoms with Crippen LogP contribution >= 0.6 is 11.8 Å². The maximum absolute atomic E-state index is 12.4. The molecule has 0 radical (unpaired) electrons. The highest BCUT2D eigenvalue weighted by atomic mass is 32.2. The molecule has 1 saturated heterocycles. The quantitative estimate of drug-likeness (QED) is 0.811. The van der Waals surface area contributed by atoms with E-state index in [0.717, 1.165) is 23.9 Å². The molecule has 5 heteroatoms. The van der Waals surface area contributed by atoms with Gasteiger partial charge in [-0.25, -0.2) is 4.98 Å². The molecule has 21 heavy (non-hydrogen) atoms. The summed E-state index contributed by atoms with van der Waals surface area (Å²) in [7, 11) is 0. The van der Waals surface area contributed by atoms with E-state index in [2.05, 4.69) is 18.8 Å². The van der Waals surface area contributed by atoms with Gasteiger partial charge in [-0.15, -0.1) is 0 Å². The number of thioether (sulfide) groups is 1. The molecule has 1 fully saturated rings. The van der Waals surface area contributed by atoms with E-state index in [9.17, 15) is 4.79 Å². The van der Waals surface area contributed by atoms with E-state index < -0.39 is 0 Å². The van der Waals surface area contributed by atoms with E-state index in [1.54, 1.807) is 0 Å². The predicted molar refractivity (Wildman–Crippen MR) is 84.4 cm³/mol. The smallest absolute Gasteiger partial charge is 0.257 e. The first kappa shape index (κ1) is 14.4. The molecule has 2 heterocycles. The van der Waals surface area contributed by atoms with Crippen molar-refractivity contribution in [2.75, 3.05) is 5.75 Å². The third-order valence-corrected chi connectivity index (χ3v) is 4.89. The SMILES string of the molecule is C[C@@H]1CCC[C@H](C)N1C(=O)CSc1nc2ccccc2o1. The topological polar surface area (TPSA) is 46.3 Å². The molecule has 4 nitrogen and oxygen atoms in total. The molecule has 0 aliphatic carbocycles. The Morgan fingerprint density at radius 1 is 1.33 bits per heavy atom. The van der Waals surface area contributed by atoms with Crippen LogP contribution in [-0.4, -0.2) is 33.6 Å². The third-order valence-electron chi connectivity index (χ3n) is 4.07. The van der Waals surface area contributed by atoms with Gasteiger partial charge >= 0.3 is 0 Å². The second-order valence-corrected chi connectivity index (χ2v) is 6.59. The average Bonchev–Trinajstić information content (AvgIpc) is 2.87. The highest BCUT2D eigenvalue weighted by molar-refractivity contribution is 7.99. The predicted octanol–water partition coefficient (Wildman–Crippen LogP) is 3.71. The molecule has 1 aromatic heterocycles. The number of likely N-dealkylation sites (tertiary alicyclic amines) is 1. The second kappa shape index (κ2) is 6.10. The molecular weight excluding hydrogens is 284 g/mol. The maximum Gasteiger partial charge on any atom is 0.257 e. The van der Waals surface area contributed by atoms with Crippen LogP contribution < -0.4 is 0 Å². The maximum atomic E-state index is 12.4. The number of carbonyl (C=O) groups is 1. The molecule has 1 aliphatic rings. The van der Waals surface area contributed by atoms with Crippen molar-refractivity contribution in [3.05, 3.63) is 24.3 Å². The summed E-state index contributed by atoms with van der Waals surface area (Å²) in [6.07, 6.45) is 3.41. The lowest BCUT2D eigenvalue weighted by Crippen LogP contribution is -2.48. The van der Waals surface area contributed by atoms with Gasteiger partial charge in [-0.1, -0.05) is 23.9 Å². The van der Waals surface area contributed by atoms with Crippen LogP contribution in [-0.2, 0) is 4.79 Å². The van der Waals surface area contributed by atoms with Gasteiger partial charge in [0.1, 0.15) is 5.52 Å². The summed E-state index contributed by atoms with van der Waals surface area (Å²) in [5, 5.41) is 0.571. The number of para-hydroxylation sites is 2. The zero-order valence-corrected chi connectivity index (χ0v) is 13.2. The number of aromatic nitrogens is 1. The number of oxazole rings is 1. The fraction of sp³-hybridized carbons (Fsp3) is 0.500. The van der Waals surface area contributed by atoms with E-state index in [1.165, 1.54) is 18.2 Å². The zero-order chi connectivity index (χ0) is 14.8. The first-order chi connectivity index (χ1) is 10.1. The van der Waals surface area contributed by atoms with Gasteiger partial charge in [0.15, 0.2) is 5.58 Å². The monoisotopic (exact) mass is 304 g/mol. The number of fused-ring (bicyclic) bond motifs is 1. The largest absolute Gasteiger partial charge is 0.431 e. The van der Waals surface area contributed by atoms with Crippen LogP contribution in [0.3, 0.4) is 0 Å². The highest BCUT2D eigenvalue weighted by Crippen LogP contribution is 2.26. The average molecular weight is 304 g/mol. The first-order valence-electron chi connectivity index (χ1n) is 7.44. The van der Waals surface area contributed by atoms with Gasteiger partial charge in [-0.2, -0.15) is 0 Å². The van der Waals surface area contributed by atoms with Crippen molar-refractivity contribution in [1.82, 2.24) is 9.88 Å². The van der Waals surface area contributed by atoms with Gasteiger partial charge in [-0.05, 0) is 45.2 Å². The van der Waals surface area contributed by atoms with Gasteiger partial charge < -0.3 is 9.32 Å². The van der Waals surface area contributed by atoms with E-state index in [-0.39, 0.29) is 5.91 Å². The Bertz CT molecular complexity index is 597. The summed E-state index contributed by atoms with van der Waals surface area (Å²) >= 11 is 1.38. The number of hydrogen-bond acceptors (Lipinski definition) is 4. The molecule has 0 N–H and O–H groups in total. The Hall–Kier alpha value is -1.49. The van der Waals surface area contributed by atoms with E-state index in [1.807, 2.05) is 29.2 Å². The Labute approximate surface area is 128 Å². The number of rotatable bonds is 3. The van der Waals surface area contributed by atoms with Gasteiger partial charge in [-0.3, -0.25) is 4.79 Å². The summed E-state index contributed by atoms with van der Waals surface area (Å²) < 4.78 is 5.64. The normalized spacial score (nSPS) is 22.7. The molecule has 0 bridgehead atoms. The minimum Gasteiger partial charge on any atom is -0.431 e. The van der Waals surface area contributed by atoms with Gasteiger partial charge in [0.25, 0.3) is 5.22 Å². The third kappa shape index (κ3) is 3.07. The van der Waals surface area contributed by atoms with Gasteiger partial charge in [0.05, 0.1) is 5.75 Å². The van der Waals surface area contributed by atoms with Crippen LogP contribution in [0, 0.1) is 0 Å². The molecule has 2 atom stereocenters. The fourth-order valence-corrected chi connectivity index (χ4v) is 3.73. The summed E-state index contributed by atoms with van der Waals surface area (Å²) in [4.78, 5) is 18.9. The number of benzene rings is 1. The number of nitrogens with zero attached hydrogens (tertiary/aromatic N) is 2. The van der Waals surface area contributed by atoms with Crippen molar-refractivity contribution >= 4 is 28.8 Å². The molecule has 2 aromatic rings. The minimum absolute atomic E-state index is 0.182. The van der Waals surface area contributed by atoms with Crippen LogP contribution in [0.5, 0.6) is 0 Å². The van der Waals surface area contributed by atoms with Crippen molar-refractivity contribution in [2.24, 2.45) is 0 Å². The van der Waals surface area contributed by atoms with E-state index in [0.29, 0.717) is 23.1 Å². The van der Waals surface area contributed by atoms with Crippen LogP contribution in [0.1, 0.15) is 33.1 Å². The summed E-state index contributed by atoms with van der Waals surface area (Å²) in [5.74, 6) is 0.573. The van der Waals surface area contributed by atoms with Gasteiger partial charge in [0, 0.05) is 12.1 Å². The van der Waals surface area contributed by atoms with Crippen molar-refractivity contribution in [1.29, 1.82) is 0 Å². The van der Waals surface area contributed by atoms with Crippen molar-refractivity contribution in [3.63, 3.8) is 0 Å². The lowest BCUT2D eigenvalue weighted by Gasteiger charge is -2.39. The lowest BCUT2D eigenvalue weighted by atomic mass is 9.98. The van der Waals surface area contributed by atoms with Crippen molar-refractivity contribution in [3.8, 4) is 0 Å². The molecule has 0 spiro atoms. The Kier molecular flexibility index (Phi) is 4.19. The minimum atomic E-state index is 0.182. The Morgan fingerprint density at radius 2 is 2.05 bits per heavy atom. The fourth-order valence-electron chi connectivity index (χ4n) is 3.02. The first-order valence-corrected chi connectivity index (χ1v) is 8.43. The second-order valence-electron chi connectivity index (χ2n) is 5.67. The highest BCUT2D eigenvalue weighted by Gasteiger charge is 2.28. The van der Waals surface area contributed by atoms with Crippen LogP contribution in [0.15, 0.2) is 33.9 Å². The molecule has 1 aliphatic heterocycles. The molecule has 112 valence electrons. The number of hydrogen-bond donors (Lipinski definition) is 0. The number of piperidine rings is 1. The number of carbonyl (C=O) groups excluding carboxylic acids is 1.